The molecule has 1 aliphatic carbocycles. The van der Waals surface area contributed by atoms with E-state index in [0.717, 1.165) is 12.5 Å². The van der Waals surface area contributed by atoms with Crippen molar-refractivity contribution in [2.24, 2.45) is 11.3 Å². The molecule has 1 aliphatic rings. The third-order valence-electron chi connectivity index (χ3n) is 3.39. The molecule has 0 amide bonds. The summed E-state index contributed by atoms with van der Waals surface area (Å²) < 4.78 is 23.0. The Morgan fingerprint density at radius 1 is 1.40 bits per heavy atom. The fourth-order valence-electron chi connectivity index (χ4n) is 1.65. The SMILES string of the molecule is CC(C)S(=O)(=O)CCNCC1CC1(C)C. The van der Waals surface area contributed by atoms with Crippen molar-refractivity contribution in [1.29, 1.82) is 0 Å². The molecule has 0 heterocycles. The van der Waals surface area contributed by atoms with Gasteiger partial charge in [-0.05, 0) is 38.1 Å². The lowest BCUT2D eigenvalue weighted by Gasteiger charge is -2.09. The quantitative estimate of drug-likeness (QED) is 0.706. The largest absolute Gasteiger partial charge is 0.315 e. The normalized spacial score (nSPS) is 24.5. The Balaban J connectivity index is 2.13. The fourth-order valence-corrected chi connectivity index (χ4v) is 2.55. The maximum Gasteiger partial charge on any atom is 0.153 e. The second-order valence-electron chi connectivity index (χ2n) is 5.51. The smallest absolute Gasteiger partial charge is 0.153 e. The van der Waals surface area contributed by atoms with Gasteiger partial charge < -0.3 is 5.32 Å². The highest BCUT2D eigenvalue weighted by Crippen LogP contribution is 2.50. The van der Waals surface area contributed by atoms with Crippen LogP contribution < -0.4 is 5.32 Å². The van der Waals surface area contributed by atoms with Gasteiger partial charge in [0.25, 0.3) is 0 Å². The van der Waals surface area contributed by atoms with Gasteiger partial charge in [0.2, 0.25) is 0 Å². The van der Waals surface area contributed by atoms with Crippen molar-refractivity contribution in [3.05, 3.63) is 0 Å². The van der Waals surface area contributed by atoms with E-state index in [9.17, 15) is 8.42 Å². The Morgan fingerprint density at radius 2 is 1.93 bits per heavy atom. The van der Waals surface area contributed by atoms with Crippen molar-refractivity contribution < 1.29 is 8.42 Å². The molecule has 0 spiro atoms. The van der Waals surface area contributed by atoms with E-state index in [1.807, 2.05) is 0 Å². The van der Waals surface area contributed by atoms with Crippen LogP contribution in [0.5, 0.6) is 0 Å². The molecule has 1 saturated carbocycles. The molecule has 1 atom stereocenters. The standard InChI is InChI=1S/C11H23NO2S/c1-9(2)15(13,14)6-5-12-8-10-7-11(10,3)4/h9-10,12H,5-8H2,1-4H3. The van der Waals surface area contributed by atoms with E-state index in [1.54, 1.807) is 13.8 Å². The predicted molar refractivity (Wildman–Crippen MR) is 63.7 cm³/mol. The van der Waals surface area contributed by atoms with E-state index in [4.69, 9.17) is 0 Å². The van der Waals surface area contributed by atoms with Crippen LogP contribution in [0, 0.1) is 11.3 Å². The van der Waals surface area contributed by atoms with Gasteiger partial charge in [0.1, 0.15) is 0 Å². The molecule has 15 heavy (non-hydrogen) atoms. The average Bonchev–Trinajstić information content (AvgIpc) is 2.68. The lowest BCUT2D eigenvalue weighted by atomic mass is 10.1. The summed E-state index contributed by atoms with van der Waals surface area (Å²) in [6, 6.07) is 0. The van der Waals surface area contributed by atoms with Crippen LogP contribution in [0.3, 0.4) is 0 Å². The van der Waals surface area contributed by atoms with Gasteiger partial charge in [0, 0.05) is 6.54 Å². The molecule has 0 aromatic carbocycles. The van der Waals surface area contributed by atoms with Crippen LogP contribution in [0.25, 0.3) is 0 Å². The van der Waals surface area contributed by atoms with Crippen molar-refractivity contribution in [3.8, 4) is 0 Å². The highest BCUT2D eigenvalue weighted by atomic mass is 32.2. The van der Waals surface area contributed by atoms with Crippen molar-refractivity contribution in [3.63, 3.8) is 0 Å². The molecule has 3 nitrogen and oxygen atoms in total. The number of sulfone groups is 1. The lowest BCUT2D eigenvalue weighted by Crippen LogP contribution is -2.28. The third kappa shape index (κ3) is 3.76. The average molecular weight is 233 g/mol. The second kappa shape index (κ2) is 4.42. The molecule has 1 unspecified atom stereocenters. The number of hydrogen-bond acceptors (Lipinski definition) is 3. The fraction of sp³-hybridized carbons (Fsp3) is 1.00. The molecule has 0 aliphatic heterocycles. The number of nitrogens with one attached hydrogen (secondary N) is 1. The molecule has 4 heteroatoms. The Bertz CT molecular complexity index is 307. The van der Waals surface area contributed by atoms with E-state index in [-0.39, 0.29) is 11.0 Å². The van der Waals surface area contributed by atoms with Crippen LogP contribution in [0.15, 0.2) is 0 Å². The summed E-state index contributed by atoms with van der Waals surface area (Å²) in [4.78, 5) is 0. The first-order valence-electron chi connectivity index (χ1n) is 5.68. The Labute approximate surface area is 93.6 Å². The highest BCUT2D eigenvalue weighted by molar-refractivity contribution is 7.92. The minimum atomic E-state index is -2.87. The molecule has 90 valence electrons. The molecule has 0 aromatic rings. The molecule has 1 N–H and O–H groups in total. The van der Waals surface area contributed by atoms with Gasteiger partial charge in [-0.15, -0.1) is 0 Å². The lowest BCUT2D eigenvalue weighted by molar-refractivity contribution is 0.524. The summed E-state index contributed by atoms with van der Waals surface area (Å²) in [5.74, 6) is 0.997. The van der Waals surface area contributed by atoms with E-state index < -0.39 is 9.84 Å². The zero-order valence-electron chi connectivity index (χ0n) is 10.2. The number of rotatable bonds is 6. The summed E-state index contributed by atoms with van der Waals surface area (Å²) in [5, 5.41) is 2.98. The van der Waals surface area contributed by atoms with Gasteiger partial charge in [-0.3, -0.25) is 0 Å². The van der Waals surface area contributed by atoms with Gasteiger partial charge in [-0.1, -0.05) is 13.8 Å². The van der Waals surface area contributed by atoms with Gasteiger partial charge >= 0.3 is 0 Å². The third-order valence-corrected chi connectivity index (χ3v) is 5.60. The van der Waals surface area contributed by atoms with Gasteiger partial charge in [-0.2, -0.15) is 0 Å². The van der Waals surface area contributed by atoms with Crippen LogP contribution >= 0.6 is 0 Å². The topological polar surface area (TPSA) is 46.2 Å². The summed E-state index contributed by atoms with van der Waals surface area (Å²) in [6.45, 7) is 9.53. The van der Waals surface area contributed by atoms with Crippen molar-refractivity contribution in [2.45, 2.75) is 39.4 Å². The van der Waals surface area contributed by atoms with Gasteiger partial charge in [0.05, 0.1) is 11.0 Å². The van der Waals surface area contributed by atoms with Crippen LogP contribution in [0.2, 0.25) is 0 Å². The molecule has 0 aromatic heterocycles. The minimum Gasteiger partial charge on any atom is -0.315 e. The zero-order chi connectivity index (χ0) is 11.7. The van der Waals surface area contributed by atoms with Gasteiger partial charge in [-0.25, -0.2) is 8.42 Å². The van der Waals surface area contributed by atoms with E-state index >= 15 is 0 Å². The Hall–Kier alpha value is -0.0900. The first-order chi connectivity index (χ1) is 6.76. The van der Waals surface area contributed by atoms with E-state index in [1.165, 1.54) is 6.42 Å². The summed E-state index contributed by atoms with van der Waals surface area (Å²) >= 11 is 0. The second-order valence-corrected chi connectivity index (χ2v) is 8.19. The monoisotopic (exact) mass is 233 g/mol. The Morgan fingerprint density at radius 3 is 2.33 bits per heavy atom. The molecule has 1 fully saturated rings. The molecule has 0 saturated heterocycles. The molecule has 0 bridgehead atoms. The number of hydrogen-bond donors (Lipinski definition) is 1. The van der Waals surface area contributed by atoms with Crippen LogP contribution in [-0.2, 0) is 9.84 Å². The maximum atomic E-state index is 11.5. The van der Waals surface area contributed by atoms with Crippen molar-refractivity contribution in [1.82, 2.24) is 5.32 Å². The highest BCUT2D eigenvalue weighted by Gasteiger charge is 2.44. The molecular formula is C11H23NO2S. The van der Waals surface area contributed by atoms with Crippen LogP contribution in [0.4, 0.5) is 0 Å². The van der Waals surface area contributed by atoms with Crippen molar-refractivity contribution in [2.75, 3.05) is 18.8 Å². The predicted octanol–water partition coefficient (Wildman–Crippen LogP) is 1.45. The van der Waals surface area contributed by atoms with Gasteiger partial charge in [0.15, 0.2) is 9.84 Å². The molecule has 1 rings (SSSR count). The Kier molecular flexibility index (Phi) is 3.82. The molecule has 0 radical (unpaired) electrons. The maximum absolute atomic E-state index is 11.5. The van der Waals surface area contributed by atoms with Crippen LogP contribution in [-0.4, -0.2) is 32.5 Å². The summed E-state index contributed by atoms with van der Waals surface area (Å²) in [6.07, 6.45) is 1.26. The summed E-state index contributed by atoms with van der Waals surface area (Å²) in [5.41, 5.74) is 0.476. The van der Waals surface area contributed by atoms with E-state index in [2.05, 4.69) is 19.2 Å². The first-order valence-corrected chi connectivity index (χ1v) is 7.39. The van der Waals surface area contributed by atoms with Crippen molar-refractivity contribution >= 4 is 9.84 Å². The van der Waals surface area contributed by atoms with E-state index in [0.29, 0.717) is 12.0 Å². The summed E-state index contributed by atoms with van der Waals surface area (Å²) in [7, 11) is -2.87. The first kappa shape index (κ1) is 13.0. The zero-order valence-corrected chi connectivity index (χ0v) is 11.0. The molecular weight excluding hydrogens is 210 g/mol. The minimum absolute atomic E-state index is 0.253. The van der Waals surface area contributed by atoms with Crippen LogP contribution in [0.1, 0.15) is 34.1 Å².